The smallest absolute Gasteiger partial charge is 0.301 e. The van der Waals surface area contributed by atoms with Crippen LogP contribution in [0.2, 0.25) is 5.02 Å². The van der Waals surface area contributed by atoms with Crippen molar-refractivity contribution in [3.8, 4) is 5.75 Å². The summed E-state index contributed by atoms with van der Waals surface area (Å²) in [5.74, 6) is -1.71. The number of ether oxygens (including phenoxy) is 1. The molecule has 6 rings (SSSR count). The normalized spacial score (nSPS) is 23.1. The predicted octanol–water partition coefficient (Wildman–Crippen LogP) is 5.57. The van der Waals surface area contributed by atoms with Crippen molar-refractivity contribution < 1.29 is 13.5 Å². The van der Waals surface area contributed by atoms with Gasteiger partial charge in [0.25, 0.3) is 5.56 Å². The first-order chi connectivity index (χ1) is 18.2. The molecule has 2 aromatic heterocycles. The summed E-state index contributed by atoms with van der Waals surface area (Å²) in [6, 6.07) is 4.31. The average Bonchev–Trinajstić information content (AvgIpc) is 3.74. The molecule has 2 N–H and O–H groups in total. The molecule has 1 saturated heterocycles. The molecule has 11 heteroatoms. The predicted molar refractivity (Wildman–Crippen MR) is 145 cm³/mol. The van der Waals surface area contributed by atoms with Crippen molar-refractivity contribution in [3.05, 3.63) is 39.8 Å². The number of aromatic nitrogens is 3. The number of nitrogens with one attached hydrogen (secondary N) is 2. The highest BCUT2D eigenvalue weighted by Gasteiger charge is 2.51. The van der Waals surface area contributed by atoms with Gasteiger partial charge in [0.2, 0.25) is 11.7 Å². The van der Waals surface area contributed by atoms with Crippen molar-refractivity contribution in [2.24, 2.45) is 18.9 Å². The lowest BCUT2D eigenvalue weighted by Gasteiger charge is -2.25. The van der Waals surface area contributed by atoms with Gasteiger partial charge >= 0.3 is 5.92 Å². The van der Waals surface area contributed by atoms with Crippen LogP contribution in [0.3, 0.4) is 0 Å². The molecular weight excluding hydrogens is 514 g/mol. The minimum Gasteiger partial charge on any atom is -0.480 e. The van der Waals surface area contributed by atoms with Crippen LogP contribution >= 0.6 is 11.6 Å². The molecule has 1 saturated carbocycles. The van der Waals surface area contributed by atoms with E-state index in [4.69, 9.17) is 21.3 Å². The third kappa shape index (κ3) is 4.63. The van der Waals surface area contributed by atoms with Gasteiger partial charge in [-0.15, -0.1) is 0 Å². The number of alkyl halides is 2. The quantitative estimate of drug-likeness (QED) is 0.444. The Balaban J connectivity index is 1.38. The fourth-order valence-electron chi connectivity index (χ4n) is 5.56. The summed E-state index contributed by atoms with van der Waals surface area (Å²) >= 11 is 6.47. The van der Waals surface area contributed by atoms with E-state index in [9.17, 15) is 13.6 Å². The summed E-state index contributed by atoms with van der Waals surface area (Å²) in [6.07, 6.45) is 6.50. The second kappa shape index (κ2) is 9.55. The van der Waals surface area contributed by atoms with Crippen LogP contribution in [0.15, 0.2) is 29.2 Å². The molecule has 3 aliphatic rings. The molecule has 2 unspecified atom stereocenters. The zero-order valence-corrected chi connectivity index (χ0v) is 22.2. The van der Waals surface area contributed by atoms with Crippen LogP contribution in [0.1, 0.15) is 39.0 Å². The van der Waals surface area contributed by atoms with Crippen LogP contribution in [-0.4, -0.2) is 46.2 Å². The minimum atomic E-state index is -3.09. The number of aryl methyl sites for hydroxylation is 1. The molecule has 0 radical (unpaired) electrons. The van der Waals surface area contributed by atoms with E-state index >= 15 is 0 Å². The Morgan fingerprint density at radius 2 is 2.05 bits per heavy atom. The molecule has 1 aliphatic carbocycles. The summed E-state index contributed by atoms with van der Waals surface area (Å²) < 4.78 is 36.7. The lowest BCUT2D eigenvalue weighted by molar-refractivity contribution is -0.0579. The topological polar surface area (TPSA) is 84.3 Å². The van der Waals surface area contributed by atoms with Crippen molar-refractivity contribution in [1.82, 2.24) is 14.5 Å². The van der Waals surface area contributed by atoms with Gasteiger partial charge in [0.05, 0.1) is 23.4 Å². The lowest BCUT2D eigenvalue weighted by atomic mass is 10.0. The van der Waals surface area contributed by atoms with Crippen LogP contribution in [-0.2, 0) is 7.05 Å². The first-order valence-corrected chi connectivity index (χ1v) is 13.6. The van der Waals surface area contributed by atoms with Crippen LogP contribution in [0, 0.1) is 11.8 Å². The Hall–Kier alpha value is -3.14. The van der Waals surface area contributed by atoms with E-state index in [0.29, 0.717) is 45.0 Å². The zero-order chi connectivity index (χ0) is 26.6. The number of pyridine rings is 1. The van der Waals surface area contributed by atoms with Gasteiger partial charge in [-0.05, 0) is 55.7 Å². The van der Waals surface area contributed by atoms with E-state index in [2.05, 4.69) is 27.4 Å². The first kappa shape index (κ1) is 25.2. The summed E-state index contributed by atoms with van der Waals surface area (Å²) in [6.45, 7) is 3.18. The molecule has 202 valence electrons. The third-order valence-electron chi connectivity index (χ3n) is 7.79. The van der Waals surface area contributed by atoms with Crippen molar-refractivity contribution in [3.63, 3.8) is 0 Å². The van der Waals surface area contributed by atoms with Crippen molar-refractivity contribution in [2.75, 3.05) is 35.2 Å². The summed E-state index contributed by atoms with van der Waals surface area (Å²) in [4.78, 5) is 24.4. The molecule has 3 aromatic rings. The van der Waals surface area contributed by atoms with E-state index in [1.54, 1.807) is 19.3 Å². The third-order valence-corrected chi connectivity index (χ3v) is 8.07. The Kier molecular flexibility index (Phi) is 6.32. The summed E-state index contributed by atoms with van der Waals surface area (Å²) in [7, 11) is 1.61. The molecular formula is C27H31ClF2N6O2. The SMILES string of the molecule is CC1CCCCN(c2ncc(Cl)c(Nc3ccc4c(c3)c3c(c(=O)n4C)OCC(F)(F)C(C4CC4)N3)n2)C1. The lowest BCUT2D eigenvalue weighted by Crippen LogP contribution is -2.44. The second-order valence-corrected chi connectivity index (χ2v) is 11.3. The monoisotopic (exact) mass is 544 g/mol. The average molecular weight is 545 g/mol. The molecule has 0 spiro atoms. The fraction of sp³-hybridized carbons (Fsp3) is 0.519. The Bertz CT molecular complexity index is 1440. The minimum absolute atomic E-state index is 0.0855. The van der Waals surface area contributed by atoms with Crippen LogP contribution < -0.4 is 25.8 Å². The molecule has 38 heavy (non-hydrogen) atoms. The highest BCUT2D eigenvalue weighted by atomic mass is 35.5. The Labute approximate surface area is 224 Å². The maximum atomic E-state index is 14.9. The van der Waals surface area contributed by atoms with Crippen LogP contribution in [0.4, 0.5) is 31.9 Å². The van der Waals surface area contributed by atoms with Gasteiger partial charge < -0.3 is 24.8 Å². The Morgan fingerprint density at radius 1 is 1.24 bits per heavy atom. The van der Waals surface area contributed by atoms with Gasteiger partial charge in [-0.25, -0.2) is 13.8 Å². The van der Waals surface area contributed by atoms with Crippen LogP contribution in [0.5, 0.6) is 5.75 Å². The molecule has 0 bridgehead atoms. The molecule has 4 heterocycles. The second-order valence-electron chi connectivity index (χ2n) is 10.8. The largest absolute Gasteiger partial charge is 0.480 e. The van der Waals surface area contributed by atoms with Crippen molar-refractivity contribution >= 4 is 45.6 Å². The van der Waals surface area contributed by atoms with Crippen molar-refractivity contribution in [1.29, 1.82) is 0 Å². The van der Waals surface area contributed by atoms with E-state index < -0.39 is 24.1 Å². The number of benzene rings is 1. The summed E-state index contributed by atoms with van der Waals surface area (Å²) in [5.41, 5.74) is 1.09. The number of fused-ring (bicyclic) bond motifs is 3. The number of halogens is 3. The number of hydrogen-bond acceptors (Lipinski definition) is 7. The molecule has 1 aromatic carbocycles. The summed E-state index contributed by atoms with van der Waals surface area (Å²) in [5, 5.41) is 7.25. The first-order valence-electron chi connectivity index (χ1n) is 13.2. The fourth-order valence-corrected chi connectivity index (χ4v) is 5.69. The zero-order valence-electron chi connectivity index (χ0n) is 21.4. The highest BCUT2D eigenvalue weighted by Crippen LogP contribution is 2.45. The number of hydrogen-bond donors (Lipinski definition) is 2. The van der Waals surface area contributed by atoms with Gasteiger partial charge in [-0.3, -0.25) is 4.79 Å². The van der Waals surface area contributed by atoms with E-state index in [-0.39, 0.29) is 11.7 Å². The van der Waals surface area contributed by atoms with E-state index in [1.165, 1.54) is 17.4 Å². The van der Waals surface area contributed by atoms with E-state index in [1.807, 2.05) is 12.1 Å². The van der Waals surface area contributed by atoms with Gasteiger partial charge in [-0.2, -0.15) is 4.98 Å². The van der Waals surface area contributed by atoms with Crippen molar-refractivity contribution in [2.45, 2.75) is 51.0 Å². The van der Waals surface area contributed by atoms with Crippen LogP contribution in [0.25, 0.3) is 10.9 Å². The molecule has 2 fully saturated rings. The standard InChI is InChI=1S/C27H31ClF2N6O2/c1-15-5-3-4-10-36(13-15)26-31-12-19(28)24(34-26)32-17-8-9-20-18(11-17)21-22(25(37)35(20)2)38-14-27(29,30)23(33-21)16-6-7-16/h8-9,11-12,15-16,23,33H,3-7,10,13-14H2,1-2H3,(H,31,32,34). The maximum Gasteiger partial charge on any atom is 0.301 e. The van der Waals surface area contributed by atoms with Gasteiger partial charge in [0.15, 0.2) is 12.4 Å². The maximum absolute atomic E-state index is 14.9. The number of nitrogens with zero attached hydrogens (tertiary/aromatic N) is 4. The van der Waals surface area contributed by atoms with Gasteiger partial charge in [0.1, 0.15) is 5.02 Å². The molecule has 2 atom stereocenters. The van der Waals surface area contributed by atoms with Gasteiger partial charge in [-0.1, -0.05) is 24.9 Å². The molecule has 8 nitrogen and oxygen atoms in total. The molecule has 0 amide bonds. The highest BCUT2D eigenvalue weighted by molar-refractivity contribution is 6.32. The Morgan fingerprint density at radius 3 is 2.84 bits per heavy atom. The van der Waals surface area contributed by atoms with E-state index in [0.717, 1.165) is 32.4 Å². The number of rotatable bonds is 4. The van der Waals surface area contributed by atoms with Gasteiger partial charge in [0, 0.05) is 31.2 Å². The molecule has 2 aliphatic heterocycles. The number of anilines is 4.